The number of imidazole rings is 3. The molecule has 44 heteroatoms. The van der Waals surface area contributed by atoms with Gasteiger partial charge in [-0.05, 0) is 12.0 Å². The van der Waals surface area contributed by atoms with Gasteiger partial charge >= 0.3 is 23.5 Å². The number of aliphatic hydroxyl groups is 2. The summed E-state index contributed by atoms with van der Waals surface area (Å²) in [5, 5.41) is 21.7. The number of phosphoric ester groups is 3. The first-order chi connectivity index (χ1) is 43.9. The predicted octanol–water partition coefficient (Wildman–Crippen LogP) is -2.88. The summed E-state index contributed by atoms with van der Waals surface area (Å²) in [6.07, 6.45) is -8.25. The SMILES string of the molecule is CO[C@H]1C(O)[C@@H](COP(=O)(O)OC2[C@@H](COP(=O)(O)OC3CN(CC4=CCc5c(N)ncnc54)C[C@@H]3COP(=O)(O)OC3[C@@H](CO)O[C@@H](n4cnc5c(=O)[nH]c(N)nc54)[C@H]3OC)O[C@@H](Cn3cnc4c(=O)[nH]c(N)nc43)[C@H]2OC)O[C@H]1Cn1cnc2c(N)ncnc21. The zero-order valence-corrected chi connectivity index (χ0v) is 51.4. The van der Waals surface area contributed by atoms with Gasteiger partial charge in [-0.25, -0.2) is 48.6 Å². The minimum absolute atomic E-state index is 0.00214. The lowest BCUT2D eigenvalue weighted by Gasteiger charge is -2.27. The van der Waals surface area contributed by atoms with Crippen LogP contribution in [0.4, 0.5) is 23.5 Å². The van der Waals surface area contributed by atoms with E-state index in [4.69, 9.17) is 78.5 Å². The van der Waals surface area contributed by atoms with Crippen LogP contribution in [0.25, 0.3) is 39.1 Å². The molecule has 41 nitrogen and oxygen atoms in total. The van der Waals surface area contributed by atoms with Gasteiger partial charge in [0.2, 0.25) is 11.9 Å². The second-order valence-corrected chi connectivity index (χ2v) is 26.2. The molecule has 0 amide bonds. The summed E-state index contributed by atoms with van der Waals surface area (Å²) in [5.41, 5.74) is 24.9. The van der Waals surface area contributed by atoms with Crippen molar-refractivity contribution in [1.29, 1.82) is 0 Å². The number of allylic oxidation sites excluding steroid dienone is 1. The molecular weight excluding hydrogens is 1290 g/mol. The van der Waals surface area contributed by atoms with Crippen LogP contribution < -0.4 is 34.1 Å². The highest BCUT2D eigenvalue weighted by molar-refractivity contribution is 7.48. The maximum Gasteiger partial charge on any atom is 0.472 e. The maximum absolute atomic E-state index is 14.4. The first-order valence-electron chi connectivity index (χ1n) is 28.1. The van der Waals surface area contributed by atoms with Crippen molar-refractivity contribution in [3.8, 4) is 0 Å². The summed E-state index contributed by atoms with van der Waals surface area (Å²) in [5.74, 6) is -1.09. The molecule has 0 saturated carbocycles. The molecule has 11 heterocycles. The van der Waals surface area contributed by atoms with Gasteiger partial charge in [-0.2, -0.15) is 9.97 Å². The lowest BCUT2D eigenvalue weighted by Crippen LogP contribution is -2.39. The molecule has 498 valence electrons. The van der Waals surface area contributed by atoms with Gasteiger partial charge in [0, 0.05) is 52.4 Å². The Morgan fingerprint density at radius 3 is 1.86 bits per heavy atom. The number of fused-ring (bicyclic) bond motifs is 4. The molecule has 0 bridgehead atoms. The zero-order chi connectivity index (χ0) is 65.1. The summed E-state index contributed by atoms with van der Waals surface area (Å²) in [6, 6.07) is 0. The van der Waals surface area contributed by atoms with Crippen molar-refractivity contribution in [2.75, 3.05) is 90.3 Å². The van der Waals surface area contributed by atoms with Crippen LogP contribution in [0.15, 0.2) is 47.3 Å². The second kappa shape index (κ2) is 26.2. The fourth-order valence-corrected chi connectivity index (χ4v) is 15.0. The van der Waals surface area contributed by atoms with Crippen molar-refractivity contribution in [1.82, 2.24) is 73.4 Å². The van der Waals surface area contributed by atoms with E-state index in [1.807, 2.05) is 6.08 Å². The first-order valence-corrected chi connectivity index (χ1v) is 32.6. The van der Waals surface area contributed by atoms with E-state index in [0.717, 1.165) is 5.57 Å². The highest BCUT2D eigenvalue weighted by atomic mass is 31.2. The number of hydrogen-bond acceptors (Lipinski definition) is 33. The van der Waals surface area contributed by atoms with E-state index in [-0.39, 0.29) is 78.6 Å². The Kier molecular flexibility index (Phi) is 18.6. The van der Waals surface area contributed by atoms with Gasteiger partial charge in [-0.3, -0.25) is 56.2 Å². The Morgan fingerprint density at radius 2 is 1.17 bits per heavy atom. The average Bonchev–Trinajstić information content (AvgIpc) is 1.99. The molecule has 12 rings (SSSR count). The van der Waals surface area contributed by atoms with Crippen LogP contribution in [-0.4, -0.2) is 239 Å². The summed E-state index contributed by atoms with van der Waals surface area (Å²) >= 11 is 0. The van der Waals surface area contributed by atoms with Crippen molar-refractivity contribution in [2.24, 2.45) is 5.92 Å². The van der Waals surface area contributed by atoms with Crippen LogP contribution in [0.5, 0.6) is 0 Å². The third-order valence-electron chi connectivity index (χ3n) is 16.2. The van der Waals surface area contributed by atoms with Crippen LogP contribution in [0, 0.1) is 5.92 Å². The van der Waals surface area contributed by atoms with Crippen LogP contribution in [0.1, 0.15) is 17.5 Å². The molecule has 92 heavy (non-hydrogen) atoms. The lowest BCUT2D eigenvalue weighted by molar-refractivity contribution is -0.0583. The molecule has 4 saturated heterocycles. The molecule has 1 aliphatic carbocycles. The number of aromatic amines is 2. The number of methoxy groups -OCH3 is 3. The Hall–Kier alpha value is -6.76. The first kappa shape index (κ1) is 65.3. The van der Waals surface area contributed by atoms with E-state index in [1.165, 1.54) is 62.1 Å². The topological polar surface area (TPSA) is 567 Å². The quantitative estimate of drug-likeness (QED) is 0.0243. The van der Waals surface area contributed by atoms with Gasteiger partial charge in [0.15, 0.2) is 40.0 Å². The highest BCUT2D eigenvalue weighted by Crippen LogP contribution is 2.53. The van der Waals surface area contributed by atoms with Crippen LogP contribution in [0.3, 0.4) is 0 Å². The molecule has 7 aromatic heterocycles. The minimum Gasteiger partial charge on any atom is -0.394 e. The number of nitrogen functional groups attached to an aromatic ring is 4. The van der Waals surface area contributed by atoms with Crippen molar-refractivity contribution in [3.05, 3.63) is 69.7 Å². The van der Waals surface area contributed by atoms with Gasteiger partial charge < -0.3 is 85.4 Å². The largest absolute Gasteiger partial charge is 0.472 e. The zero-order valence-electron chi connectivity index (χ0n) is 48.8. The predicted molar refractivity (Wildman–Crippen MR) is 312 cm³/mol. The summed E-state index contributed by atoms with van der Waals surface area (Å²) in [6.45, 7) is -3.25. The van der Waals surface area contributed by atoms with E-state index in [2.05, 4.69) is 54.8 Å². The van der Waals surface area contributed by atoms with Crippen LogP contribution in [-0.2, 0) is 88.8 Å². The van der Waals surface area contributed by atoms with E-state index in [1.54, 1.807) is 9.47 Å². The normalized spacial score (nSPS) is 29.5. The number of nitrogens with zero attached hydrogens (tertiary/aromatic N) is 13. The van der Waals surface area contributed by atoms with Gasteiger partial charge in [-0.15, -0.1) is 0 Å². The van der Waals surface area contributed by atoms with E-state index in [0.29, 0.717) is 28.8 Å². The second-order valence-electron chi connectivity index (χ2n) is 21.9. The van der Waals surface area contributed by atoms with Crippen LogP contribution in [0.2, 0.25) is 0 Å². The number of aromatic nitrogens is 14. The molecule has 0 radical (unpaired) electrons. The number of aliphatic hydroxyl groups excluding tert-OH is 2. The Bertz CT molecular complexity index is 4180. The van der Waals surface area contributed by atoms with Gasteiger partial charge in [0.25, 0.3) is 11.1 Å². The number of nitrogens with two attached hydrogens (primary N) is 4. The fraction of sp³-hybridized carbons (Fsp3) is 0.562. The summed E-state index contributed by atoms with van der Waals surface area (Å²) in [7, 11) is -12.0. The number of phosphoric acid groups is 3. The minimum atomic E-state index is -5.33. The number of ether oxygens (including phenoxy) is 6. The van der Waals surface area contributed by atoms with Crippen molar-refractivity contribution < 1.29 is 94.2 Å². The Labute approximate surface area is 517 Å². The number of H-pyrrole nitrogens is 2. The van der Waals surface area contributed by atoms with Gasteiger partial charge in [-0.1, -0.05) is 6.08 Å². The number of nitrogens with one attached hydrogen (secondary N) is 2. The summed E-state index contributed by atoms with van der Waals surface area (Å²) in [4.78, 5) is 104. The molecule has 4 fully saturated rings. The molecular formula is C48H64N19O22P3. The molecule has 7 unspecified atom stereocenters. The maximum atomic E-state index is 14.4. The van der Waals surface area contributed by atoms with Crippen LogP contribution >= 0.6 is 23.5 Å². The average molecular weight is 1350 g/mol. The molecule has 0 spiro atoms. The van der Waals surface area contributed by atoms with Gasteiger partial charge in [0.1, 0.15) is 91.1 Å². The smallest absolute Gasteiger partial charge is 0.394 e. The van der Waals surface area contributed by atoms with Crippen molar-refractivity contribution in [2.45, 2.75) is 99.0 Å². The van der Waals surface area contributed by atoms with Crippen molar-refractivity contribution >= 4 is 86.1 Å². The van der Waals surface area contributed by atoms with Gasteiger partial charge in [0.05, 0.1) is 70.3 Å². The monoisotopic (exact) mass is 1350 g/mol. The number of anilines is 4. The molecule has 7 aromatic rings. The third kappa shape index (κ3) is 13.2. The van der Waals surface area contributed by atoms with Crippen molar-refractivity contribution in [3.63, 3.8) is 0 Å². The molecule has 17 atom stereocenters. The number of rotatable bonds is 26. The number of likely N-dealkylation sites (tertiary alicyclic amines) is 1. The Morgan fingerprint density at radius 1 is 0.609 bits per heavy atom. The summed E-state index contributed by atoms with van der Waals surface area (Å²) < 4.78 is 116. The lowest BCUT2D eigenvalue weighted by atomic mass is 10.1. The molecule has 0 aromatic carbocycles. The number of hydrogen-bond donors (Lipinski definition) is 11. The molecule has 15 N–H and O–H groups in total. The van der Waals surface area contributed by atoms with E-state index >= 15 is 0 Å². The molecule has 4 aliphatic heterocycles. The fourth-order valence-electron chi connectivity index (χ4n) is 12.0. The highest BCUT2D eigenvalue weighted by Gasteiger charge is 2.54. The third-order valence-corrected chi connectivity index (χ3v) is 19.2. The van der Waals surface area contributed by atoms with E-state index in [9.17, 15) is 48.2 Å². The molecule has 5 aliphatic rings. The standard InChI is InChI=1S/C48H64N19O22P3/c1-78-34-24(9-65-17-57-30-40(50)55-16-56-41(30)65)84-27(33(34)69)13-82-92(76,77)89-37-28(85-25(35(37)79-2)10-66-18-58-31-42(66)60-47(51)62-44(31)70)14-83-90(72,73)87-23-8-64(6-20-4-5-22-29(20)53-15-54-39(22)49)7-21(23)12-81-91(74,75)88-36-26(11-68)86-46(38(36)80-3)67-19-59-32-43(67)61-48(52)63-45(32)71/h4,15-19,21,23-28,33-38,46,68-69H,5-14H2,1-3H3,(H,72,73)(H,74,75)(H,76,77)(H2,49,53,54)(H2,50,55,56)(H3,51,60,62,70)(H3,52,61,63,71)/t21-,23?,24+,25+,26-,27-,28-,33?,34-,35-,36?,37?,38+,46-/m1/s1. The Balaban J connectivity index is 0.756. The van der Waals surface area contributed by atoms with E-state index < -0.39 is 146 Å².